The summed E-state index contributed by atoms with van der Waals surface area (Å²) in [6.45, 7) is 0.987. The molecule has 0 aromatic carbocycles. The van der Waals surface area contributed by atoms with Gasteiger partial charge in [0.2, 0.25) is 11.8 Å². The molecule has 1 saturated carbocycles. The normalized spacial score (nSPS) is 23.9. The Hall–Kier alpha value is -1.79. The van der Waals surface area contributed by atoms with E-state index < -0.39 is 5.41 Å². The minimum absolute atomic E-state index is 0.0248. The van der Waals surface area contributed by atoms with Gasteiger partial charge >= 0.3 is 0 Å². The van der Waals surface area contributed by atoms with E-state index in [-0.39, 0.29) is 24.2 Å². The summed E-state index contributed by atoms with van der Waals surface area (Å²) in [6.07, 6.45) is 3.97. The molecule has 4 N–H and O–H groups in total. The number of hydrogen-bond donors (Lipinski definition) is 3. The van der Waals surface area contributed by atoms with Crippen LogP contribution in [-0.4, -0.2) is 47.4 Å². The minimum atomic E-state index is -0.926. The van der Waals surface area contributed by atoms with Gasteiger partial charge in [0.05, 0.1) is 6.54 Å². The average Bonchev–Trinajstić information content (AvgIpc) is 2.46. The monoisotopic (exact) mass is 268 g/mol. The lowest BCUT2D eigenvalue weighted by Crippen LogP contribution is -2.58. The predicted molar refractivity (Wildman–Crippen MR) is 68.5 cm³/mol. The summed E-state index contributed by atoms with van der Waals surface area (Å²) in [5.41, 5.74) is 4.85. The van der Waals surface area contributed by atoms with Crippen LogP contribution in [0.2, 0.25) is 0 Å². The van der Waals surface area contributed by atoms with E-state index in [1.54, 1.807) is 0 Å². The molecular formula is C12H20N4O3. The number of amides is 2. The molecule has 2 fully saturated rings. The summed E-state index contributed by atoms with van der Waals surface area (Å²) >= 11 is 0. The molecule has 1 aliphatic heterocycles. The van der Waals surface area contributed by atoms with Gasteiger partial charge < -0.3 is 21.2 Å². The van der Waals surface area contributed by atoms with Gasteiger partial charge in [0.25, 0.3) is 0 Å². The van der Waals surface area contributed by atoms with Crippen LogP contribution in [0.4, 0.5) is 0 Å². The van der Waals surface area contributed by atoms with Crippen molar-refractivity contribution in [3.05, 3.63) is 0 Å². The first-order valence-electron chi connectivity index (χ1n) is 6.64. The molecular weight excluding hydrogens is 248 g/mol. The van der Waals surface area contributed by atoms with Gasteiger partial charge in [0.15, 0.2) is 5.84 Å². The SMILES string of the molecule is NC(=NO)C1(C(=O)N2CCNC(=O)C2)CCCCC1. The van der Waals surface area contributed by atoms with Crippen LogP contribution < -0.4 is 11.1 Å². The minimum Gasteiger partial charge on any atom is -0.409 e. The van der Waals surface area contributed by atoms with Crippen LogP contribution >= 0.6 is 0 Å². The van der Waals surface area contributed by atoms with Crippen molar-refractivity contribution in [2.24, 2.45) is 16.3 Å². The number of nitrogens with two attached hydrogens (primary N) is 1. The number of carbonyl (C=O) groups is 2. The fourth-order valence-corrected chi connectivity index (χ4v) is 2.95. The average molecular weight is 268 g/mol. The predicted octanol–water partition coefficient (Wildman–Crippen LogP) is -0.358. The van der Waals surface area contributed by atoms with Gasteiger partial charge in [-0.25, -0.2) is 0 Å². The Morgan fingerprint density at radius 3 is 2.63 bits per heavy atom. The van der Waals surface area contributed by atoms with Crippen molar-refractivity contribution in [1.82, 2.24) is 10.2 Å². The van der Waals surface area contributed by atoms with E-state index in [9.17, 15) is 9.59 Å². The molecule has 7 nitrogen and oxygen atoms in total. The molecule has 0 unspecified atom stereocenters. The molecule has 19 heavy (non-hydrogen) atoms. The van der Waals surface area contributed by atoms with Crippen LogP contribution in [0.15, 0.2) is 5.16 Å². The molecule has 0 aromatic heterocycles. The summed E-state index contributed by atoms with van der Waals surface area (Å²) in [5.74, 6) is -0.370. The zero-order valence-corrected chi connectivity index (χ0v) is 10.9. The molecule has 2 rings (SSSR count). The van der Waals surface area contributed by atoms with Gasteiger partial charge in [0.1, 0.15) is 5.41 Å². The van der Waals surface area contributed by atoms with Crippen molar-refractivity contribution in [2.45, 2.75) is 32.1 Å². The summed E-state index contributed by atoms with van der Waals surface area (Å²) in [6, 6.07) is 0. The highest BCUT2D eigenvalue weighted by atomic mass is 16.4. The first-order valence-corrected chi connectivity index (χ1v) is 6.64. The highest BCUT2D eigenvalue weighted by Gasteiger charge is 2.46. The maximum atomic E-state index is 12.7. The third kappa shape index (κ3) is 2.50. The molecule has 1 saturated heterocycles. The highest BCUT2D eigenvalue weighted by molar-refractivity contribution is 6.07. The van der Waals surface area contributed by atoms with Crippen molar-refractivity contribution in [3.8, 4) is 0 Å². The lowest BCUT2D eigenvalue weighted by atomic mass is 9.72. The van der Waals surface area contributed by atoms with E-state index in [1.165, 1.54) is 4.90 Å². The molecule has 2 amide bonds. The van der Waals surface area contributed by atoms with Crippen LogP contribution in [0.25, 0.3) is 0 Å². The second-order valence-corrected chi connectivity index (χ2v) is 5.20. The van der Waals surface area contributed by atoms with Gasteiger partial charge in [-0.15, -0.1) is 0 Å². The number of carbonyl (C=O) groups excluding carboxylic acids is 2. The van der Waals surface area contributed by atoms with E-state index in [1.807, 2.05) is 0 Å². The molecule has 2 aliphatic rings. The van der Waals surface area contributed by atoms with E-state index in [2.05, 4.69) is 10.5 Å². The fourth-order valence-electron chi connectivity index (χ4n) is 2.95. The van der Waals surface area contributed by atoms with Crippen LogP contribution in [0.1, 0.15) is 32.1 Å². The molecule has 1 heterocycles. The number of piperazine rings is 1. The first kappa shape index (κ1) is 13.6. The molecule has 1 aliphatic carbocycles. The number of amidine groups is 1. The van der Waals surface area contributed by atoms with Gasteiger partial charge in [0, 0.05) is 13.1 Å². The second kappa shape index (κ2) is 5.46. The summed E-state index contributed by atoms with van der Waals surface area (Å²) < 4.78 is 0. The van der Waals surface area contributed by atoms with Crippen LogP contribution in [0.5, 0.6) is 0 Å². The highest BCUT2D eigenvalue weighted by Crippen LogP contribution is 2.38. The van der Waals surface area contributed by atoms with E-state index >= 15 is 0 Å². The van der Waals surface area contributed by atoms with Crippen molar-refractivity contribution in [3.63, 3.8) is 0 Å². The second-order valence-electron chi connectivity index (χ2n) is 5.20. The first-order chi connectivity index (χ1) is 9.10. The smallest absolute Gasteiger partial charge is 0.239 e. The van der Waals surface area contributed by atoms with Gasteiger partial charge in [-0.2, -0.15) is 0 Å². The Labute approximate surface area is 111 Å². The van der Waals surface area contributed by atoms with Crippen molar-refractivity contribution < 1.29 is 14.8 Å². The molecule has 7 heteroatoms. The van der Waals surface area contributed by atoms with Gasteiger partial charge in [-0.1, -0.05) is 24.4 Å². The van der Waals surface area contributed by atoms with Crippen LogP contribution in [-0.2, 0) is 9.59 Å². The molecule has 0 aromatic rings. The standard InChI is InChI=1S/C12H20N4O3/c13-10(15-19)12(4-2-1-3-5-12)11(18)16-7-6-14-9(17)8-16/h19H,1-8H2,(H2,13,15)(H,14,17). The van der Waals surface area contributed by atoms with E-state index in [4.69, 9.17) is 10.9 Å². The maximum Gasteiger partial charge on any atom is 0.239 e. The third-order valence-corrected chi connectivity index (χ3v) is 4.04. The Morgan fingerprint density at radius 1 is 1.37 bits per heavy atom. The fraction of sp³-hybridized carbons (Fsp3) is 0.750. The number of oxime groups is 1. The quantitative estimate of drug-likeness (QED) is 0.275. The van der Waals surface area contributed by atoms with Gasteiger partial charge in [-0.05, 0) is 12.8 Å². The largest absolute Gasteiger partial charge is 0.409 e. The van der Waals surface area contributed by atoms with Crippen LogP contribution in [0, 0.1) is 5.41 Å². The number of nitrogens with one attached hydrogen (secondary N) is 1. The van der Waals surface area contributed by atoms with Crippen molar-refractivity contribution in [1.29, 1.82) is 0 Å². The topological polar surface area (TPSA) is 108 Å². The lowest BCUT2D eigenvalue weighted by Gasteiger charge is -2.39. The van der Waals surface area contributed by atoms with Crippen molar-refractivity contribution >= 4 is 17.6 Å². The summed E-state index contributed by atoms with van der Waals surface area (Å²) in [7, 11) is 0. The Balaban J connectivity index is 2.22. The van der Waals surface area contributed by atoms with E-state index in [0.29, 0.717) is 25.9 Å². The summed E-state index contributed by atoms with van der Waals surface area (Å²) in [5, 5.41) is 14.7. The molecule has 0 spiro atoms. The molecule has 106 valence electrons. The Morgan fingerprint density at radius 2 is 2.05 bits per heavy atom. The van der Waals surface area contributed by atoms with Gasteiger partial charge in [-0.3, -0.25) is 9.59 Å². The van der Waals surface area contributed by atoms with Crippen molar-refractivity contribution in [2.75, 3.05) is 19.6 Å². The summed E-state index contributed by atoms with van der Waals surface area (Å²) in [4.78, 5) is 25.6. The molecule has 0 radical (unpaired) electrons. The molecule has 0 atom stereocenters. The molecule has 0 bridgehead atoms. The number of hydrogen-bond acceptors (Lipinski definition) is 4. The zero-order valence-electron chi connectivity index (χ0n) is 10.9. The van der Waals surface area contributed by atoms with Crippen LogP contribution in [0.3, 0.4) is 0 Å². The Bertz CT molecular complexity index is 402. The zero-order chi connectivity index (χ0) is 13.9. The maximum absolute atomic E-state index is 12.7. The number of nitrogens with zero attached hydrogens (tertiary/aromatic N) is 2. The third-order valence-electron chi connectivity index (χ3n) is 4.04. The Kier molecular flexibility index (Phi) is 3.92. The lowest BCUT2D eigenvalue weighted by molar-refractivity contribution is -0.145. The van der Waals surface area contributed by atoms with E-state index in [0.717, 1.165) is 19.3 Å². The number of rotatable bonds is 2.